The number of anilines is 1. The topological polar surface area (TPSA) is 64.1 Å². The number of rotatable bonds is 3. The Morgan fingerprint density at radius 3 is 2.36 bits per heavy atom. The molecule has 6 rings (SSSR count). The van der Waals surface area contributed by atoms with Crippen LogP contribution in [-0.4, -0.2) is 15.9 Å². The van der Waals surface area contributed by atoms with Gasteiger partial charge in [-0.15, -0.1) is 0 Å². The molecule has 0 spiro atoms. The average Bonchev–Trinajstić information content (AvgIpc) is 3.28. The summed E-state index contributed by atoms with van der Waals surface area (Å²) < 4.78 is 6.03. The van der Waals surface area contributed by atoms with Crippen molar-refractivity contribution in [3.8, 4) is 22.1 Å². The predicted octanol–water partition coefficient (Wildman–Crippen LogP) is 6.54. The lowest BCUT2D eigenvalue weighted by atomic mass is 9.87. The Labute approximate surface area is 194 Å². The average molecular weight is 450 g/mol. The highest BCUT2D eigenvalue weighted by Gasteiger charge is 2.32. The molecule has 2 aromatic heterocycles. The molecule has 33 heavy (non-hydrogen) atoms. The van der Waals surface area contributed by atoms with E-state index in [0.29, 0.717) is 11.5 Å². The maximum absolute atomic E-state index is 13.5. The zero-order chi connectivity index (χ0) is 22.4. The van der Waals surface area contributed by atoms with Crippen molar-refractivity contribution in [2.24, 2.45) is 0 Å². The summed E-state index contributed by atoms with van der Waals surface area (Å²) in [4.78, 5) is 23.5. The zero-order valence-electron chi connectivity index (χ0n) is 17.8. The SMILES string of the molecule is Cc1cc(-c2nc3cccnc3s2)ccc1NC(=O)C1c2ccccc2Oc2ccccc21. The first-order chi connectivity index (χ1) is 16.2. The number of benzene rings is 3. The van der Waals surface area contributed by atoms with Gasteiger partial charge in [-0.2, -0.15) is 0 Å². The third-order valence-corrected chi connectivity index (χ3v) is 6.87. The van der Waals surface area contributed by atoms with Gasteiger partial charge in [-0.05, 0) is 55.0 Å². The Hall–Kier alpha value is -4.03. The predicted molar refractivity (Wildman–Crippen MR) is 131 cm³/mol. The third kappa shape index (κ3) is 3.45. The first-order valence-electron chi connectivity index (χ1n) is 10.7. The number of carbonyl (C=O) groups is 1. The molecule has 3 aromatic carbocycles. The molecule has 0 unspecified atom stereocenters. The van der Waals surface area contributed by atoms with E-state index in [1.54, 1.807) is 17.5 Å². The van der Waals surface area contributed by atoms with Crippen LogP contribution in [0.5, 0.6) is 11.5 Å². The van der Waals surface area contributed by atoms with Crippen molar-refractivity contribution < 1.29 is 9.53 Å². The Kier molecular flexibility index (Phi) is 4.66. The van der Waals surface area contributed by atoms with Gasteiger partial charge >= 0.3 is 0 Å². The summed E-state index contributed by atoms with van der Waals surface area (Å²) in [5.41, 5.74) is 5.39. The van der Waals surface area contributed by atoms with E-state index in [2.05, 4.69) is 16.4 Å². The number of hydrogen-bond donors (Lipinski definition) is 1. The molecule has 6 heteroatoms. The van der Waals surface area contributed by atoms with Gasteiger partial charge in [-0.1, -0.05) is 47.7 Å². The van der Waals surface area contributed by atoms with Gasteiger partial charge in [0, 0.05) is 28.6 Å². The fraction of sp³-hybridized carbons (Fsp3) is 0.0741. The maximum Gasteiger partial charge on any atom is 0.236 e. The first-order valence-corrected chi connectivity index (χ1v) is 11.5. The maximum atomic E-state index is 13.5. The molecule has 0 radical (unpaired) electrons. The number of aromatic nitrogens is 2. The van der Waals surface area contributed by atoms with Gasteiger partial charge < -0.3 is 10.1 Å². The fourth-order valence-corrected chi connectivity index (χ4v) is 5.13. The number of carbonyl (C=O) groups excluding carboxylic acids is 1. The van der Waals surface area contributed by atoms with Crippen molar-refractivity contribution in [3.05, 3.63) is 102 Å². The van der Waals surface area contributed by atoms with Crippen LogP contribution in [0, 0.1) is 6.92 Å². The number of amides is 1. The molecule has 1 aliphatic rings. The molecule has 0 aliphatic carbocycles. The van der Waals surface area contributed by atoms with Crippen molar-refractivity contribution >= 4 is 33.3 Å². The van der Waals surface area contributed by atoms with Crippen LogP contribution < -0.4 is 10.1 Å². The Bertz CT molecular complexity index is 1450. The molecule has 5 aromatic rings. The van der Waals surface area contributed by atoms with Crippen LogP contribution in [-0.2, 0) is 4.79 Å². The molecule has 0 saturated heterocycles. The molecule has 1 amide bonds. The molecule has 3 heterocycles. The summed E-state index contributed by atoms with van der Waals surface area (Å²) in [5.74, 6) is 0.902. The van der Waals surface area contributed by atoms with Crippen molar-refractivity contribution in [2.75, 3.05) is 5.32 Å². The van der Waals surface area contributed by atoms with E-state index in [-0.39, 0.29) is 5.91 Å². The minimum absolute atomic E-state index is 0.0850. The van der Waals surface area contributed by atoms with Crippen LogP contribution in [0.1, 0.15) is 22.6 Å². The Morgan fingerprint density at radius 2 is 1.67 bits per heavy atom. The number of fused-ring (bicyclic) bond motifs is 3. The van der Waals surface area contributed by atoms with Gasteiger partial charge in [-0.3, -0.25) is 4.79 Å². The van der Waals surface area contributed by atoms with Gasteiger partial charge in [0.1, 0.15) is 26.9 Å². The largest absolute Gasteiger partial charge is 0.457 e. The number of nitrogens with zero attached hydrogens (tertiary/aromatic N) is 2. The molecular formula is C27H19N3O2S. The van der Waals surface area contributed by atoms with Gasteiger partial charge in [-0.25, -0.2) is 9.97 Å². The summed E-state index contributed by atoms with van der Waals surface area (Å²) in [7, 11) is 0. The van der Waals surface area contributed by atoms with Gasteiger partial charge in [0.2, 0.25) is 5.91 Å². The summed E-state index contributed by atoms with van der Waals surface area (Å²) in [6.07, 6.45) is 1.78. The monoisotopic (exact) mass is 449 g/mol. The van der Waals surface area contributed by atoms with Gasteiger partial charge in [0.15, 0.2) is 0 Å². The quantitative estimate of drug-likeness (QED) is 0.340. The lowest BCUT2D eigenvalue weighted by Gasteiger charge is -2.27. The number of aryl methyl sites for hydroxylation is 1. The van der Waals surface area contributed by atoms with Crippen molar-refractivity contribution in [3.63, 3.8) is 0 Å². The van der Waals surface area contributed by atoms with Gasteiger partial charge in [0.25, 0.3) is 0 Å². The fourth-order valence-electron chi connectivity index (χ4n) is 4.23. The number of pyridine rings is 1. The Balaban J connectivity index is 1.32. The van der Waals surface area contributed by atoms with Crippen molar-refractivity contribution in [1.29, 1.82) is 0 Å². The van der Waals surface area contributed by atoms with Crippen LogP contribution in [0.25, 0.3) is 20.9 Å². The van der Waals surface area contributed by atoms with E-state index in [1.807, 2.05) is 79.7 Å². The van der Waals surface area contributed by atoms with Gasteiger partial charge in [0.05, 0.1) is 5.92 Å². The summed E-state index contributed by atoms with van der Waals surface area (Å²) >= 11 is 1.56. The van der Waals surface area contributed by atoms with Crippen molar-refractivity contribution in [2.45, 2.75) is 12.8 Å². The van der Waals surface area contributed by atoms with E-state index in [4.69, 9.17) is 9.72 Å². The standard InChI is InChI=1S/C27H19N3O2S/c1-16-15-17(26-30-21-9-6-14-28-27(21)33-26)12-13-20(16)29-25(31)24-18-7-2-4-10-22(18)32-23-11-5-3-8-19(23)24/h2-15,24H,1H3,(H,29,31). The van der Waals surface area contributed by atoms with Crippen LogP contribution in [0.4, 0.5) is 5.69 Å². The van der Waals surface area contributed by atoms with Crippen LogP contribution >= 0.6 is 11.3 Å². The van der Waals surface area contributed by atoms with E-state index in [9.17, 15) is 4.79 Å². The highest BCUT2D eigenvalue weighted by atomic mass is 32.1. The minimum atomic E-state index is -0.444. The van der Waals surface area contributed by atoms with E-state index >= 15 is 0 Å². The smallest absolute Gasteiger partial charge is 0.236 e. The molecular weight excluding hydrogens is 430 g/mol. The second-order valence-corrected chi connectivity index (χ2v) is 8.95. The molecule has 0 bridgehead atoms. The van der Waals surface area contributed by atoms with Crippen LogP contribution in [0.3, 0.4) is 0 Å². The summed E-state index contributed by atoms with van der Waals surface area (Å²) in [6, 6.07) is 25.3. The zero-order valence-corrected chi connectivity index (χ0v) is 18.6. The third-order valence-electron chi connectivity index (χ3n) is 5.84. The number of para-hydroxylation sites is 2. The second-order valence-electron chi connectivity index (χ2n) is 7.98. The number of thiazole rings is 1. The lowest BCUT2D eigenvalue weighted by Crippen LogP contribution is -2.25. The van der Waals surface area contributed by atoms with Crippen molar-refractivity contribution in [1.82, 2.24) is 9.97 Å². The molecule has 5 nitrogen and oxygen atoms in total. The first kappa shape index (κ1) is 19.6. The number of nitrogens with one attached hydrogen (secondary N) is 1. The molecule has 0 atom stereocenters. The molecule has 160 valence electrons. The highest BCUT2D eigenvalue weighted by molar-refractivity contribution is 7.21. The van der Waals surface area contributed by atoms with E-state index in [1.165, 1.54) is 0 Å². The summed E-state index contributed by atoms with van der Waals surface area (Å²) in [6.45, 7) is 2.00. The molecule has 1 N–H and O–H groups in total. The normalized spacial score (nSPS) is 12.6. The van der Waals surface area contributed by atoms with Crippen LogP contribution in [0.2, 0.25) is 0 Å². The number of ether oxygens (including phenoxy) is 1. The Morgan fingerprint density at radius 1 is 0.939 bits per heavy atom. The van der Waals surface area contributed by atoms with Crippen LogP contribution in [0.15, 0.2) is 85.1 Å². The number of hydrogen-bond acceptors (Lipinski definition) is 5. The van der Waals surface area contributed by atoms with E-state index in [0.717, 1.165) is 43.3 Å². The molecule has 0 saturated carbocycles. The minimum Gasteiger partial charge on any atom is -0.457 e. The lowest BCUT2D eigenvalue weighted by molar-refractivity contribution is -0.116. The summed E-state index contributed by atoms with van der Waals surface area (Å²) in [5, 5.41) is 4.06. The second kappa shape index (κ2) is 7.83. The van der Waals surface area contributed by atoms with E-state index < -0.39 is 5.92 Å². The molecule has 1 aliphatic heterocycles. The highest BCUT2D eigenvalue weighted by Crippen LogP contribution is 2.44. The molecule has 0 fully saturated rings.